The molecule has 120 valence electrons. The largest absolute Gasteiger partial charge is 0.497 e. The fourth-order valence-corrected chi connectivity index (χ4v) is 2.43. The zero-order valence-corrected chi connectivity index (χ0v) is 13.6. The van der Waals surface area contributed by atoms with Gasteiger partial charge in [0.05, 0.1) is 7.11 Å². The number of aryl methyl sites for hydroxylation is 1. The summed E-state index contributed by atoms with van der Waals surface area (Å²) in [5.41, 5.74) is 3.05. The molecular weight excluding hydrogens is 300 g/mol. The SMILES string of the molecule is COc1cccc(/C=C/C(=O)c2nc(-c3ccccc3)[nH]c2C)c1. The maximum absolute atomic E-state index is 12.4. The summed E-state index contributed by atoms with van der Waals surface area (Å²) in [6.45, 7) is 1.85. The number of ketones is 1. The predicted octanol–water partition coefficient (Wildman–Crippen LogP) is 4.29. The minimum absolute atomic E-state index is 0.131. The first kappa shape index (κ1) is 15.7. The van der Waals surface area contributed by atoms with Gasteiger partial charge in [-0.25, -0.2) is 4.98 Å². The van der Waals surface area contributed by atoms with Crippen LogP contribution in [-0.2, 0) is 0 Å². The van der Waals surface area contributed by atoms with Crippen LogP contribution in [0.2, 0.25) is 0 Å². The van der Waals surface area contributed by atoms with Crippen LogP contribution in [0.1, 0.15) is 21.7 Å². The van der Waals surface area contributed by atoms with Gasteiger partial charge in [-0.05, 0) is 30.7 Å². The summed E-state index contributed by atoms with van der Waals surface area (Å²) in [5, 5.41) is 0. The molecule has 4 nitrogen and oxygen atoms in total. The Morgan fingerprint density at radius 3 is 2.67 bits per heavy atom. The fourth-order valence-electron chi connectivity index (χ4n) is 2.43. The standard InChI is InChI=1S/C20H18N2O2/c1-14-19(22-20(21-14)16-8-4-3-5-9-16)18(23)12-11-15-7-6-10-17(13-15)24-2/h3-13H,1-2H3,(H,21,22)/b12-11+. The van der Waals surface area contributed by atoms with Crippen LogP contribution in [0.4, 0.5) is 0 Å². The topological polar surface area (TPSA) is 55.0 Å². The third-order valence-corrected chi connectivity index (χ3v) is 3.69. The van der Waals surface area contributed by atoms with Crippen LogP contribution in [0.25, 0.3) is 17.5 Å². The van der Waals surface area contributed by atoms with E-state index in [1.165, 1.54) is 6.08 Å². The van der Waals surface area contributed by atoms with E-state index in [9.17, 15) is 4.79 Å². The highest BCUT2D eigenvalue weighted by Crippen LogP contribution is 2.19. The number of H-pyrrole nitrogens is 1. The molecule has 0 atom stereocenters. The van der Waals surface area contributed by atoms with Gasteiger partial charge in [-0.15, -0.1) is 0 Å². The van der Waals surface area contributed by atoms with E-state index < -0.39 is 0 Å². The van der Waals surface area contributed by atoms with Crippen molar-refractivity contribution >= 4 is 11.9 Å². The molecule has 0 amide bonds. The molecule has 4 heteroatoms. The summed E-state index contributed by atoms with van der Waals surface area (Å²) in [6.07, 6.45) is 3.30. The molecule has 1 heterocycles. The molecular formula is C20H18N2O2. The molecule has 0 saturated heterocycles. The smallest absolute Gasteiger partial charge is 0.206 e. The zero-order valence-electron chi connectivity index (χ0n) is 13.6. The number of hydrogen-bond acceptors (Lipinski definition) is 3. The Balaban J connectivity index is 1.82. The number of carbonyl (C=O) groups is 1. The quantitative estimate of drug-likeness (QED) is 0.564. The number of ether oxygens (including phenoxy) is 1. The Labute approximate surface area is 140 Å². The summed E-state index contributed by atoms with van der Waals surface area (Å²) >= 11 is 0. The Hall–Kier alpha value is -3.14. The van der Waals surface area contributed by atoms with E-state index in [2.05, 4.69) is 9.97 Å². The van der Waals surface area contributed by atoms with Gasteiger partial charge >= 0.3 is 0 Å². The van der Waals surface area contributed by atoms with Crippen molar-refractivity contribution in [1.82, 2.24) is 9.97 Å². The Morgan fingerprint density at radius 2 is 1.92 bits per heavy atom. The van der Waals surface area contributed by atoms with E-state index in [4.69, 9.17) is 4.74 Å². The maximum atomic E-state index is 12.4. The van der Waals surface area contributed by atoms with Crippen LogP contribution < -0.4 is 4.74 Å². The molecule has 1 aromatic heterocycles. The zero-order chi connectivity index (χ0) is 16.9. The molecule has 0 aliphatic heterocycles. The molecule has 0 unspecified atom stereocenters. The second-order valence-corrected chi connectivity index (χ2v) is 5.40. The van der Waals surface area contributed by atoms with Gasteiger partial charge in [-0.2, -0.15) is 0 Å². The summed E-state index contributed by atoms with van der Waals surface area (Å²) in [7, 11) is 1.62. The highest BCUT2D eigenvalue weighted by molar-refractivity contribution is 6.06. The first-order valence-electron chi connectivity index (χ1n) is 7.66. The van der Waals surface area contributed by atoms with Crippen molar-refractivity contribution in [3.05, 3.63) is 77.6 Å². The number of hydrogen-bond donors (Lipinski definition) is 1. The lowest BCUT2D eigenvalue weighted by Crippen LogP contribution is -1.97. The van der Waals surface area contributed by atoms with E-state index >= 15 is 0 Å². The highest BCUT2D eigenvalue weighted by atomic mass is 16.5. The summed E-state index contributed by atoms with van der Waals surface area (Å²) < 4.78 is 5.18. The van der Waals surface area contributed by atoms with E-state index in [1.54, 1.807) is 13.2 Å². The molecule has 0 fully saturated rings. The third kappa shape index (κ3) is 3.43. The first-order chi connectivity index (χ1) is 11.7. The van der Waals surface area contributed by atoms with Crippen molar-refractivity contribution in [2.45, 2.75) is 6.92 Å². The molecule has 0 spiro atoms. The van der Waals surface area contributed by atoms with Gasteiger partial charge in [0.2, 0.25) is 5.78 Å². The van der Waals surface area contributed by atoms with Crippen LogP contribution in [0.5, 0.6) is 5.75 Å². The maximum Gasteiger partial charge on any atom is 0.206 e. The Bertz CT molecular complexity index is 880. The lowest BCUT2D eigenvalue weighted by molar-refractivity contribution is 0.104. The molecule has 0 radical (unpaired) electrons. The van der Waals surface area contributed by atoms with Crippen LogP contribution in [-0.4, -0.2) is 22.9 Å². The van der Waals surface area contributed by atoms with Crippen LogP contribution in [0.3, 0.4) is 0 Å². The molecule has 24 heavy (non-hydrogen) atoms. The molecule has 3 aromatic rings. The number of aromatic nitrogens is 2. The molecule has 3 rings (SSSR count). The fraction of sp³-hybridized carbons (Fsp3) is 0.100. The predicted molar refractivity (Wildman–Crippen MR) is 95.1 cm³/mol. The van der Waals surface area contributed by atoms with Gasteiger partial charge in [0, 0.05) is 11.3 Å². The van der Waals surface area contributed by atoms with E-state index in [-0.39, 0.29) is 5.78 Å². The lowest BCUT2D eigenvalue weighted by Gasteiger charge is -1.99. The number of nitrogens with zero attached hydrogens (tertiary/aromatic N) is 1. The minimum Gasteiger partial charge on any atom is -0.497 e. The second kappa shape index (κ2) is 6.96. The molecule has 0 bridgehead atoms. The van der Waals surface area contributed by atoms with Crippen LogP contribution >= 0.6 is 0 Å². The van der Waals surface area contributed by atoms with Gasteiger partial charge in [0.15, 0.2) is 0 Å². The number of methoxy groups -OCH3 is 1. The van der Waals surface area contributed by atoms with Gasteiger partial charge < -0.3 is 9.72 Å². The van der Waals surface area contributed by atoms with Gasteiger partial charge in [-0.3, -0.25) is 4.79 Å². The minimum atomic E-state index is -0.131. The van der Waals surface area contributed by atoms with E-state index in [1.807, 2.05) is 61.5 Å². The Kier molecular flexibility index (Phi) is 4.57. The van der Waals surface area contributed by atoms with Gasteiger partial charge in [-0.1, -0.05) is 48.5 Å². The van der Waals surface area contributed by atoms with Crippen LogP contribution in [0.15, 0.2) is 60.7 Å². The lowest BCUT2D eigenvalue weighted by atomic mass is 10.1. The van der Waals surface area contributed by atoms with Crippen molar-refractivity contribution in [2.75, 3.05) is 7.11 Å². The monoisotopic (exact) mass is 318 g/mol. The van der Waals surface area contributed by atoms with Crippen molar-refractivity contribution in [1.29, 1.82) is 0 Å². The van der Waals surface area contributed by atoms with Crippen LogP contribution in [0, 0.1) is 6.92 Å². The summed E-state index contributed by atoms with van der Waals surface area (Å²) in [5.74, 6) is 1.33. The average molecular weight is 318 g/mol. The summed E-state index contributed by atoms with van der Waals surface area (Å²) in [6, 6.07) is 17.3. The number of imidazole rings is 1. The van der Waals surface area contributed by atoms with Gasteiger partial charge in [0.25, 0.3) is 0 Å². The molecule has 1 N–H and O–H groups in total. The molecule has 0 aliphatic rings. The van der Waals surface area contributed by atoms with E-state index in [0.717, 1.165) is 22.6 Å². The molecule has 0 saturated carbocycles. The van der Waals surface area contributed by atoms with Crippen molar-refractivity contribution in [3.63, 3.8) is 0 Å². The highest BCUT2D eigenvalue weighted by Gasteiger charge is 2.13. The number of aromatic amines is 1. The average Bonchev–Trinajstić information content (AvgIpc) is 3.02. The number of benzene rings is 2. The van der Waals surface area contributed by atoms with Crippen molar-refractivity contribution in [3.8, 4) is 17.1 Å². The number of carbonyl (C=O) groups excluding carboxylic acids is 1. The normalized spacial score (nSPS) is 10.9. The second-order valence-electron chi connectivity index (χ2n) is 5.40. The van der Waals surface area contributed by atoms with E-state index in [0.29, 0.717) is 11.5 Å². The molecule has 0 aliphatic carbocycles. The van der Waals surface area contributed by atoms with Gasteiger partial charge in [0.1, 0.15) is 17.3 Å². The molecule has 2 aromatic carbocycles. The first-order valence-corrected chi connectivity index (χ1v) is 7.66. The third-order valence-electron chi connectivity index (χ3n) is 3.69. The van der Waals surface area contributed by atoms with Crippen molar-refractivity contribution in [2.24, 2.45) is 0 Å². The number of allylic oxidation sites excluding steroid dienone is 1. The Morgan fingerprint density at radius 1 is 1.12 bits per heavy atom. The number of nitrogens with one attached hydrogen (secondary N) is 1. The van der Waals surface area contributed by atoms with Crippen molar-refractivity contribution < 1.29 is 9.53 Å². The number of rotatable bonds is 5. The summed E-state index contributed by atoms with van der Waals surface area (Å²) in [4.78, 5) is 20.1.